The van der Waals surface area contributed by atoms with Gasteiger partial charge in [0.25, 0.3) is 0 Å². The van der Waals surface area contributed by atoms with Crippen molar-refractivity contribution >= 4 is 5.88 Å². The van der Waals surface area contributed by atoms with Gasteiger partial charge in [-0.2, -0.15) is 0 Å². The van der Waals surface area contributed by atoms with Crippen LogP contribution in [0.15, 0.2) is 16.7 Å². The molecule has 0 spiro atoms. The molecular formula is C13H14F2N2O. The predicted octanol–water partition coefficient (Wildman–Crippen LogP) is 3.63. The Morgan fingerprint density at radius 2 is 1.89 bits per heavy atom. The first-order chi connectivity index (χ1) is 8.41. The van der Waals surface area contributed by atoms with Crippen molar-refractivity contribution in [2.45, 2.75) is 26.7 Å². The maximum absolute atomic E-state index is 13.8. The lowest BCUT2D eigenvalue weighted by molar-refractivity contribution is 0.437. The van der Waals surface area contributed by atoms with E-state index in [0.717, 1.165) is 6.07 Å². The van der Waals surface area contributed by atoms with E-state index in [1.54, 1.807) is 6.92 Å². The second-order valence-corrected chi connectivity index (χ2v) is 4.55. The number of anilines is 1. The van der Waals surface area contributed by atoms with Crippen molar-refractivity contribution in [2.75, 3.05) is 5.73 Å². The Kier molecular flexibility index (Phi) is 3.07. The van der Waals surface area contributed by atoms with Crippen LogP contribution in [0.1, 0.15) is 30.9 Å². The van der Waals surface area contributed by atoms with Gasteiger partial charge in [0, 0.05) is 17.2 Å². The lowest BCUT2D eigenvalue weighted by atomic mass is 9.97. The summed E-state index contributed by atoms with van der Waals surface area (Å²) in [6, 6.07) is 2.26. The predicted molar refractivity (Wildman–Crippen MR) is 65.1 cm³/mol. The van der Waals surface area contributed by atoms with Gasteiger partial charge in [0.15, 0.2) is 0 Å². The van der Waals surface area contributed by atoms with E-state index in [1.807, 2.05) is 13.8 Å². The minimum Gasteiger partial charge on any atom is -0.367 e. The van der Waals surface area contributed by atoms with E-state index in [4.69, 9.17) is 10.3 Å². The molecule has 1 heterocycles. The maximum atomic E-state index is 13.8. The molecule has 0 aliphatic carbocycles. The second kappa shape index (κ2) is 4.40. The van der Waals surface area contributed by atoms with E-state index in [9.17, 15) is 8.78 Å². The van der Waals surface area contributed by atoms with E-state index in [-0.39, 0.29) is 17.4 Å². The summed E-state index contributed by atoms with van der Waals surface area (Å²) in [4.78, 5) is 0. The van der Waals surface area contributed by atoms with Crippen molar-refractivity contribution < 1.29 is 13.3 Å². The Morgan fingerprint density at radius 1 is 1.22 bits per heavy atom. The summed E-state index contributed by atoms with van der Waals surface area (Å²) < 4.78 is 31.9. The summed E-state index contributed by atoms with van der Waals surface area (Å²) >= 11 is 0. The third kappa shape index (κ3) is 1.96. The van der Waals surface area contributed by atoms with E-state index in [1.165, 1.54) is 6.07 Å². The topological polar surface area (TPSA) is 52.0 Å². The number of rotatable bonds is 2. The summed E-state index contributed by atoms with van der Waals surface area (Å²) in [5.74, 6) is -1.05. The van der Waals surface area contributed by atoms with Crippen LogP contribution < -0.4 is 5.73 Å². The van der Waals surface area contributed by atoms with E-state index in [0.29, 0.717) is 16.8 Å². The lowest BCUT2D eigenvalue weighted by Gasteiger charge is -2.07. The Hall–Kier alpha value is -1.91. The highest BCUT2D eigenvalue weighted by Crippen LogP contribution is 2.34. The van der Waals surface area contributed by atoms with E-state index >= 15 is 0 Å². The monoisotopic (exact) mass is 252 g/mol. The molecule has 0 saturated heterocycles. The number of halogens is 2. The number of hydrogen-bond acceptors (Lipinski definition) is 3. The molecule has 0 amide bonds. The smallest absolute Gasteiger partial charge is 0.226 e. The Morgan fingerprint density at radius 3 is 2.50 bits per heavy atom. The van der Waals surface area contributed by atoms with Crippen LogP contribution in [0, 0.1) is 18.6 Å². The van der Waals surface area contributed by atoms with Gasteiger partial charge in [0.05, 0.1) is 0 Å². The van der Waals surface area contributed by atoms with Crippen LogP contribution in [-0.4, -0.2) is 5.16 Å². The van der Waals surface area contributed by atoms with Gasteiger partial charge in [0.2, 0.25) is 5.88 Å². The Labute approximate surface area is 104 Å². The normalized spacial score (nSPS) is 11.2. The molecule has 2 aromatic rings. The Balaban J connectivity index is 2.66. The molecule has 18 heavy (non-hydrogen) atoms. The number of benzene rings is 1. The van der Waals surface area contributed by atoms with Crippen LogP contribution in [0.2, 0.25) is 0 Å². The van der Waals surface area contributed by atoms with Crippen molar-refractivity contribution in [3.8, 4) is 11.3 Å². The van der Waals surface area contributed by atoms with E-state index < -0.39 is 11.6 Å². The quantitative estimate of drug-likeness (QED) is 0.887. The van der Waals surface area contributed by atoms with Crippen LogP contribution in [-0.2, 0) is 0 Å². The first-order valence-corrected chi connectivity index (χ1v) is 5.63. The zero-order valence-electron chi connectivity index (χ0n) is 10.4. The van der Waals surface area contributed by atoms with Crippen LogP contribution in [0.5, 0.6) is 0 Å². The minimum absolute atomic E-state index is 0.0380. The largest absolute Gasteiger partial charge is 0.367 e. The average molecular weight is 252 g/mol. The van der Waals surface area contributed by atoms with Gasteiger partial charge in [-0.25, -0.2) is 8.78 Å². The van der Waals surface area contributed by atoms with Gasteiger partial charge < -0.3 is 10.3 Å². The number of nitrogen functional groups attached to an aromatic ring is 1. The second-order valence-electron chi connectivity index (χ2n) is 4.55. The molecule has 0 unspecified atom stereocenters. The minimum atomic E-state index is -0.673. The summed E-state index contributed by atoms with van der Waals surface area (Å²) in [5.41, 5.74) is 7.20. The fourth-order valence-electron chi connectivity index (χ4n) is 1.90. The number of aromatic nitrogens is 1. The van der Waals surface area contributed by atoms with Gasteiger partial charge in [0.1, 0.15) is 17.3 Å². The zero-order chi connectivity index (χ0) is 13.4. The third-order valence-electron chi connectivity index (χ3n) is 2.84. The summed E-state index contributed by atoms with van der Waals surface area (Å²) in [6.07, 6.45) is 0. The molecule has 5 heteroatoms. The molecular weight excluding hydrogens is 238 g/mol. The van der Waals surface area contributed by atoms with Gasteiger partial charge in [-0.3, -0.25) is 0 Å². The lowest BCUT2D eigenvalue weighted by Crippen LogP contribution is -1.97. The fourth-order valence-corrected chi connectivity index (χ4v) is 1.90. The first kappa shape index (κ1) is 12.5. The number of hydrogen-bond donors (Lipinski definition) is 1. The van der Waals surface area contributed by atoms with Gasteiger partial charge >= 0.3 is 0 Å². The molecule has 2 N–H and O–H groups in total. The van der Waals surface area contributed by atoms with E-state index in [2.05, 4.69) is 5.16 Å². The number of aryl methyl sites for hydroxylation is 1. The van der Waals surface area contributed by atoms with Crippen LogP contribution in [0.3, 0.4) is 0 Å². The van der Waals surface area contributed by atoms with Gasteiger partial charge in [-0.1, -0.05) is 19.0 Å². The fraction of sp³-hybridized carbons (Fsp3) is 0.308. The van der Waals surface area contributed by atoms with Gasteiger partial charge in [-0.05, 0) is 24.5 Å². The summed E-state index contributed by atoms with van der Waals surface area (Å²) in [5, 5.41) is 3.78. The molecule has 1 aromatic heterocycles. The van der Waals surface area contributed by atoms with Crippen molar-refractivity contribution in [3.05, 3.63) is 34.9 Å². The molecule has 3 nitrogen and oxygen atoms in total. The number of nitrogens with zero attached hydrogens (tertiary/aromatic N) is 1. The number of nitrogens with two attached hydrogens (primary N) is 1. The SMILES string of the molecule is Cc1cc(-c2noc(N)c2C(C)C)c(F)cc1F. The molecule has 0 aliphatic heterocycles. The van der Waals surface area contributed by atoms with Crippen molar-refractivity contribution in [1.29, 1.82) is 0 Å². The molecule has 0 radical (unpaired) electrons. The third-order valence-corrected chi connectivity index (χ3v) is 2.84. The Bertz CT molecular complexity index is 591. The van der Waals surface area contributed by atoms with Crippen LogP contribution >= 0.6 is 0 Å². The van der Waals surface area contributed by atoms with Crippen molar-refractivity contribution in [1.82, 2.24) is 5.16 Å². The molecule has 0 fully saturated rings. The molecule has 0 aliphatic rings. The van der Waals surface area contributed by atoms with Crippen LogP contribution in [0.25, 0.3) is 11.3 Å². The zero-order valence-corrected chi connectivity index (χ0v) is 10.4. The molecule has 0 bridgehead atoms. The van der Waals surface area contributed by atoms with Crippen molar-refractivity contribution in [2.24, 2.45) is 0 Å². The highest BCUT2D eigenvalue weighted by atomic mass is 19.1. The van der Waals surface area contributed by atoms with Gasteiger partial charge in [-0.15, -0.1) is 0 Å². The summed E-state index contributed by atoms with van der Waals surface area (Å²) in [7, 11) is 0. The molecule has 0 atom stereocenters. The van der Waals surface area contributed by atoms with Crippen molar-refractivity contribution in [3.63, 3.8) is 0 Å². The molecule has 1 aromatic carbocycles. The highest BCUT2D eigenvalue weighted by Gasteiger charge is 2.21. The maximum Gasteiger partial charge on any atom is 0.226 e. The average Bonchev–Trinajstić information content (AvgIpc) is 2.65. The van der Waals surface area contributed by atoms with Crippen LogP contribution in [0.4, 0.5) is 14.7 Å². The highest BCUT2D eigenvalue weighted by molar-refractivity contribution is 5.69. The summed E-state index contributed by atoms with van der Waals surface area (Å²) in [6.45, 7) is 5.37. The molecule has 2 rings (SSSR count). The standard InChI is InChI=1S/C13H14F2N2O/c1-6(2)11-12(17-18-13(11)16)8-4-7(3)9(14)5-10(8)15/h4-6H,16H2,1-3H3. The molecule has 96 valence electrons. The molecule has 0 saturated carbocycles. The first-order valence-electron chi connectivity index (χ1n) is 5.63.